The van der Waals surface area contributed by atoms with Gasteiger partial charge in [0.05, 0.1) is 0 Å². The molecule has 3 aromatic heterocycles. The average molecular weight is 483 g/mol. The molecule has 3 aromatic rings. The molecule has 178 valence electrons. The Labute approximate surface area is 198 Å². The largest absolute Gasteiger partial charge is 0.768 e. The molecule has 0 bridgehead atoms. The summed E-state index contributed by atoms with van der Waals surface area (Å²) in [5.41, 5.74) is 0.0980. The van der Waals surface area contributed by atoms with Crippen molar-refractivity contribution in [1.29, 1.82) is 0 Å². The van der Waals surface area contributed by atoms with Crippen molar-refractivity contribution in [1.82, 2.24) is 19.5 Å². The monoisotopic (exact) mass is 482 g/mol. The third kappa shape index (κ3) is 3.82. The van der Waals surface area contributed by atoms with Crippen molar-refractivity contribution < 1.29 is 18.3 Å². The molecule has 12 heteroatoms. The fourth-order valence-electron chi connectivity index (χ4n) is 4.72. The molecule has 0 aromatic carbocycles. The van der Waals surface area contributed by atoms with E-state index < -0.39 is 22.6 Å². The number of carbonyl (C=O) groups excluding carboxylic acids is 1. The second-order valence-electron chi connectivity index (χ2n) is 8.36. The lowest BCUT2D eigenvalue weighted by Crippen LogP contribution is -2.50. The zero-order chi connectivity index (χ0) is 23.9. The SMILES string of the molecule is CCN1N=C(OC(C)=O)C2(CCCCC2)n2c1cc1cnc(Nc3ccc(S(=O)[O-])cn3)nc12. The smallest absolute Gasteiger partial charge is 0.309 e. The molecule has 2 aliphatic rings. The first-order chi connectivity index (χ1) is 16.4. The molecule has 1 aliphatic heterocycles. The first-order valence-corrected chi connectivity index (χ1v) is 12.2. The summed E-state index contributed by atoms with van der Waals surface area (Å²) < 4.78 is 30.0. The molecule has 1 spiro atoms. The highest BCUT2D eigenvalue weighted by Gasteiger charge is 2.47. The Morgan fingerprint density at radius 2 is 2.03 bits per heavy atom. The van der Waals surface area contributed by atoms with Gasteiger partial charge in [0.25, 0.3) is 0 Å². The maximum absolute atomic E-state index is 12.0. The van der Waals surface area contributed by atoms with Crippen molar-refractivity contribution >= 4 is 51.6 Å². The molecule has 1 unspecified atom stereocenters. The summed E-state index contributed by atoms with van der Waals surface area (Å²) in [7, 11) is 0. The Hall–Kier alpha value is -3.38. The zero-order valence-corrected chi connectivity index (χ0v) is 19.7. The summed E-state index contributed by atoms with van der Waals surface area (Å²) in [6.07, 6.45) is 7.65. The number of pyridine rings is 1. The number of nitrogens with one attached hydrogen (secondary N) is 1. The number of hydrazone groups is 1. The standard InChI is InChI=1S/C22H25N7O4S/c1-3-28-18-11-15-12-24-21(25-17-8-7-16(13-23-17)34(31)32)26-19(15)29(18)22(9-5-4-6-10-22)20(27-28)33-14(2)30/h7-8,11-13H,3-6,9-10H2,1-2H3,(H,31,32)(H,23,24,25,26)/p-1. The molecule has 0 amide bonds. The fraction of sp³-hybridized carbons (Fsp3) is 0.409. The van der Waals surface area contributed by atoms with E-state index in [1.165, 1.54) is 19.2 Å². The van der Waals surface area contributed by atoms with Crippen molar-refractivity contribution in [3.63, 3.8) is 0 Å². The maximum atomic E-state index is 12.0. The maximum Gasteiger partial charge on any atom is 0.309 e. The van der Waals surface area contributed by atoms with Gasteiger partial charge in [-0.25, -0.2) is 15.0 Å². The molecule has 0 radical (unpaired) electrons. The molecular weight excluding hydrogens is 458 g/mol. The summed E-state index contributed by atoms with van der Waals surface area (Å²) in [5, 5.41) is 10.4. The van der Waals surface area contributed by atoms with Gasteiger partial charge >= 0.3 is 5.97 Å². The molecule has 1 saturated carbocycles. The molecule has 5 rings (SSSR count). The van der Waals surface area contributed by atoms with E-state index in [-0.39, 0.29) is 4.90 Å². The summed E-state index contributed by atoms with van der Waals surface area (Å²) in [6.45, 7) is 3.97. The first kappa shape index (κ1) is 22.4. The summed E-state index contributed by atoms with van der Waals surface area (Å²) in [4.78, 5) is 25.4. The number of carbonyl (C=O) groups is 1. The Morgan fingerprint density at radius 3 is 2.68 bits per heavy atom. The van der Waals surface area contributed by atoms with Gasteiger partial charge in [-0.05, 0) is 49.0 Å². The predicted molar refractivity (Wildman–Crippen MR) is 126 cm³/mol. The number of nitrogens with zero attached hydrogens (tertiary/aromatic N) is 6. The van der Waals surface area contributed by atoms with E-state index in [1.54, 1.807) is 12.3 Å². The second-order valence-corrected chi connectivity index (χ2v) is 9.30. The van der Waals surface area contributed by atoms with Gasteiger partial charge in [0.2, 0.25) is 11.8 Å². The number of aromatic nitrogens is 4. The molecular formula is C22H24N7O4S-. The van der Waals surface area contributed by atoms with E-state index in [4.69, 9.17) is 14.8 Å². The first-order valence-electron chi connectivity index (χ1n) is 11.2. The number of fused-ring (bicyclic) bond motifs is 4. The van der Waals surface area contributed by atoms with Crippen LogP contribution in [0.3, 0.4) is 0 Å². The number of hydrogen-bond donors (Lipinski definition) is 1. The quantitative estimate of drug-likeness (QED) is 0.439. The van der Waals surface area contributed by atoms with Crippen molar-refractivity contribution in [2.75, 3.05) is 16.9 Å². The van der Waals surface area contributed by atoms with Crippen LogP contribution < -0.4 is 10.3 Å². The van der Waals surface area contributed by atoms with Crippen molar-refractivity contribution in [3.8, 4) is 0 Å². The van der Waals surface area contributed by atoms with Gasteiger partial charge in [-0.1, -0.05) is 19.3 Å². The summed E-state index contributed by atoms with van der Waals surface area (Å²) >= 11 is -2.34. The summed E-state index contributed by atoms with van der Waals surface area (Å²) in [5.74, 6) is 1.63. The Bertz CT molecular complexity index is 1300. The van der Waals surface area contributed by atoms with E-state index in [0.29, 0.717) is 29.9 Å². The van der Waals surface area contributed by atoms with Crippen LogP contribution in [0.4, 0.5) is 17.6 Å². The number of ether oxygens (including phenoxy) is 1. The second kappa shape index (κ2) is 8.76. The van der Waals surface area contributed by atoms with Crippen LogP contribution in [0.15, 0.2) is 40.6 Å². The van der Waals surface area contributed by atoms with Crippen LogP contribution in [0, 0.1) is 0 Å². The average Bonchev–Trinajstić information content (AvgIpc) is 3.21. The van der Waals surface area contributed by atoms with Gasteiger partial charge in [-0.3, -0.25) is 13.6 Å². The topological polar surface area (TPSA) is 138 Å². The minimum absolute atomic E-state index is 0.0961. The van der Waals surface area contributed by atoms with Crippen LogP contribution >= 0.6 is 0 Å². The van der Waals surface area contributed by atoms with Gasteiger partial charge in [-0.2, -0.15) is 4.98 Å². The van der Waals surface area contributed by atoms with Crippen LogP contribution in [-0.2, 0) is 26.2 Å². The Morgan fingerprint density at radius 1 is 1.24 bits per heavy atom. The highest BCUT2D eigenvalue weighted by Crippen LogP contribution is 2.45. The van der Waals surface area contributed by atoms with Crippen LogP contribution in [-0.4, -0.2) is 46.7 Å². The van der Waals surface area contributed by atoms with E-state index in [1.807, 2.05) is 18.0 Å². The highest BCUT2D eigenvalue weighted by atomic mass is 32.2. The molecule has 0 saturated heterocycles. The van der Waals surface area contributed by atoms with Gasteiger partial charge in [-0.15, -0.1) is 5.10 Å². The van der Waals surface area contributed by atoms with Gasteiger partial charge in [0.1, 0.15) is 22.8 Å². The molecule has 1 atom stereocenters. The van der Waals surface area contributed by atoms with Crippen LogP contribution in [0.5, 0.6) is 0 Å². The number of anilines is 3. The minimum atomic E-state index is -2.34. The van der Waals surface area contributed by atoms with Crippen molar-refractivity contribution in [3.05, 3.63) is 30.6 Å². The lowest BCUT2D eigenvalue weighted by Gasteiger charge is -2.43. The van der Waals surface area contributed by atoms with E-state index in [9.17, 15) is 13.6 Å². The van der Waals surface area contributed by atoms with Gasteiger partial charge in [0, 0.05) is 36.1 Å². The normalized spacial score (nSPS) is 17.9. The van der Waals surface area contributed by atoms with E-state index >= 15 is 0 Å². The van der Waals surface area contributed by atoms with Gasteiger partial charge in [0.15, 0.2) is 0 Å². The third-order valence-electron chi connectivity index (χ3n) is 6.21. The minimum Gasteiger partial charge on any atom is -0.768 e. The fourth-order valence-corrected chi connectivity index (χ4v) is 5.04. The molecule has 4 heterocycles. The van der Waals surface area contributed by atoms with E-state index in [2.05, 4.69) is 19.9 Å². The Balaban J connectivity index is 1.61. The molecule has 11 nitrogen and oxygen atoms in total. The van der Waals surface area contributed by atoms with Crippen molar-refractivity contribution in [2.45, 2.75) is 56.4 Å². The van der Waals surface area contributed by atoms with Crippen LogP contribution in [0.25, 0.3) is 11.0 Å². The van der Waals surface area contributed by atoms with Crippen LogP contribution in [0.1, 0.15) is 46.0 Å². The molecule has 1 N–H and O–H groups in total. The van der Waals surface area contributed by atoms with E-state index in [0.717, 1.165) is 43.3 Å². The van der Waals surface area contributed by atoms with Gasteiger partial charge < -0.3 is 14.6 Å². The summed E-state index contributed by atoms with van der Waals surface area (Å²) in [6, 6.07) is 5.01. The molecule has 1 fully saturated rings. The highest BCUT2D eigenvalue weighted by molar-refractivity contribution is 7.79. The lowest BCUT2D eigenvalue weighted by atomic mass is 9.80. The molecule has 1 aliphatic carbocycles. The number of hydrogen-bond acceptors (Lipinski definition) is 10. The van der Waals surface area contributed by atoms with Crippen LogP contribution in [0.2, 0.25) is 0 Å². The predicted octanol–water partition coefficient (Wildman–Crippen LogP) is 3.18. The zero-order valence-electron chi connectivity index (χ0n) is 18.9. The van der Waals surface area contributed by atoms with Crippen molar-refractivity contribution in [2.24, 2.45) is 5.10 Å². The number of esters is 1. The number of rotatable bonds is 4. The lowest BCUT2D eigenvalue weighted by molar-refractivity contribution is -0.133. The third-order valence-corrected chi connectivity index (χ3v) is 6.84. The Kier molecular flexibility index (Phi) is 5.78. The molecule has 34 heavy (non-hydrogen) atoms.